The maximum absolute atomic E-state index is 12.2. The molecule has 0 radical (unpaired) electrons. The van der Waals surface area contributed by atoms with E-state index in [1.165, 1.54) is 0 Å². The molecule has 0 saturated carbocycles. The molecule has 2 N–H and O–H groups in total. The molecular formula is C15H31N3O. The summed E-state index contributed by atoms with van der Waals surface area (Å²) in [4.78, 5) is 16.5. The number of nitrogens with zero attached hydrogens (tertiary/aromatic N) is 2. The van der Waals surface area contributed by atoms with Crippen LogP contribution in [0.2, 0.25) is 0 Å². The molecule has 0 aromatic carbocycles. The minimum atomic E-state index is -0.338. The molecule has 0 bridgehead atoms. The largest absolute Gasteiger partial charge is 0.341 e. The molecule has 112 valence electrons. The summed E-state index contributed by atoms with van der Waals surface area (Å²) in [6.07, 6.45) is 2.21. The van der Waals surface area contributed by atoms with E-state index in [9.17, 15) is 4.79 Å². The number of hydrogen-bond acceptors (Lipinski definition) is 3. The standard InChI is InChI=1S/C15H31N3O/c1-11(2)14(16)15(19)18-8-6-13(7-9-18)10-17(5)12(3)4/h11-14H,6-10,16H2,1-5H3/t14-/m1/s1. The maximum Gasteiger partial charge on any atom is 0.239 e. The Balaban J connectivity index is 2.38. The van der Waals surface area contributed by atoms with Crippen molar-refractivity contribution in [2.45, 2.75) is 52.6 Å². The molecule has 0 aromatic heterocycles. The second-order valence-electron chi connectivity index (χ2n) is 6.57. The second kappa shape index (κ2) is 7.25. The Morgan fingerprint density at radius 3 is 2.21 bits per heavy atom. The van der Waals surface area contributed by atoms with Crippen molar-refractivity contribution >= 4 is 5.91 Å². The molecule has 1 aliphatic heterocycles. The Labute approximate surface area is 118 Å². The van der Waals surface area contributed by atoms with Crippen LogP contribution in [0, 0.1) is 11.8 Å². The Morgan fingerprint density at radius 2 is 1.79 bits per heavy atom. The van der Waals surface area contributed by atoms with Crippen LogP contribution < -0.4 is 5.73 Å². The highest BCUT2D eigenvalue weighted by molar-refractivity contribution is 5.82. The fourth-order valence-corrected chi connectivity index (χ4v) is 2.45. The first kappa shape index (κ1) is 16.4. The Kier molecular flexibility index (Phi) is 6.27. The number of piperidine rings is 1. The minimum Gasteiger partial charge on any atom is -0.341 e. The van der Waals surface area contributed by atoms with Crippen LogP contribution in [0.5, 0.6) is 0 Å². The van der Waals surface area contributed by atoms with Gasteiger partial charge < -0.3 is 15.5 Å². The van der Waals surface area contributed by atoms with Crippen molar-refractivity contribution in [1.29, 1.82) is 0 Å². The summed E-state index contributed by atoms with van der Waals surface area (Å²) >= 11 is 0. The van der Waals surface area contributed by atoms with E-state index < -0.39 is 0 Å². The molecule has 0 aromatic rings. The van der Waals surface area contributed by atoms with E-state index in [4.69, 9.17) is 5.73 Å². The first-order chi connectivity index (χ1) is 8.82. The first-order valence-corrected chi connectivity index (χ1v) is 7.57. The lowest BCUT2D eigenvalue weighted by Gasteiger charge is -2.36. The summed E-state index contributed by atoms with van der Waals surface area (Å²) in [6, 6.07) is 0.254. The summed E-state index contributed by atoms with van der Waals surface area (Å²) in [5.74, 6) is 1.06. The van der Waals surface area contributed by atoms with Gasteiger partial charge in [-0.2, -0.15) is 0 Å². The molecule has 1 aliphatic rings. The lowest BCUT2D eigenvalue weighted by Crippen LogP contribution is -2.50. The average Bonchev–Trinajstić information content (AvgIpc) is 2.37. The molecule has 4 heteroatoms. The fourth-order valence-electron chi connectivity index (χ4n) is 2.45. The van der Waals surface area contributed by atoms with Crippen molar-refractivity contribution in [3.05, 3.63) is 0 Å². The van der Waals surface area contributed by atoms with Gasteiger partial charge in [-0.3, -0.25) is 4.79 Å². The van der Waals surface area contributed by atoms with Crippen LogP contribution >= 0.6 is 0 Å². The normalized spacial score (nSPS) is 19.5. The van der Waals surface area contributed by atoms with E-state index in [-0.39, 0.29) is 17.9 Å². The van der Waals surface area contributed by atoms with Crippen LogP contribution in [0.4, 0.5) is 0 Å². The first-order valence-electron chi connectivity index (χ1n) is 7.57. The van der Waals surface area contributed by atoms with Gasteiger partial charge in [0.05, 0.1) is 6.04 Å². The van der Waals surface area contributed by atoms with E-state index in [1.807, 2.05) is 18.7 Å². The average molecular weight is 269 g/mol. The van der Waals surface area contributed by atoms with Crippen molar-refractivity contribution in [2.24, 2.45) is 17.6 Å². The number of carbonyl (C=O) groups is 1. The summed E-state index contributed by atoms with van der Waals surface area (Å²) in [5.41, 5.74) is 5.95. The van der Waals surface area contributed by atoms with Crippen molar-refractivity contribution in [3.8, 4) is 0 Å². The molecule has 1 saturated heterocycles. The molecule has 0 aliphatic carbocycles. The van der Waals surface area contributed by atoms with Gasteiger partial charge in [0.2, 0.25) is 5.91 Å². The summed E-state index contributed by atoms with van der Waals surface area (Å²) < 4.78 is 0. The zero-order valence-electron chi connectivity index (χ0n) is 13.2. The topological polar surface area (TPSA) is 49.6 Å². The third-order valence-corrected chi connectivity index (χ3v) is 4.36. The lowest BCUT2D eigenvalue weighted by atomic mass is 9.94. The molecule has 1 heterocycles. The van der Waals surface area contributed by atoms with E-state index in [0.717, 1.165) is 32.5 Å². The van der Waals surface area contributed by atoms with Gasteiger partial charge in [-0.15, -0.1) is 0 Å². The zero-order chi connectivity index (χ0) is 14.6. The molecule has 1 rings (SSSR count). The fraction of sp³-hybridized carbons (Fsp3) is 0.933. The van der Waals surface area contributed by atoms with Crippen LogP contribution in [0.15, 0.2) is 0 Å². The number of likely N-dealkylation sites (tertiary alicyclic amines) is 1. The van der Waals surface area contributed by atoms with Crippen molar-refractivity contribution < 1.29 is 4.79 Å². The second-order valence-corrected chi connectivity index (χ2v) is 6.57. The van der Waals surface area contributed by atoms with Gasteiger partial charge in [-0.25, -0.2) is 0 Å². The number of rotatable bonds is 5. The van der Waals surface area contributed by atoms with Gasteiger partial charge in [-0.1, -0.05) is 13.8 Å². The van der Waals surface area contributed by atoms with Crippen molar-refractivity contribution in [2.75, 3.05) is 26.7 Å². The minimum absolute atomic E-state index is 0.130. The lowest BCUT2D eigenvalue weighted by molar-refractivity contribution is -0.135. The van der Waals surface area contributed by atoms with E-state index in [2.05, 4.69) is 25.8 Å². The van der Waals surface area contributed by atoms with Crippen molar-refractivity contribution in [3.63, 3.8) is 0 Å². The highest BCUT2D eigenvalue weighted by Crippen LogP contribution is 2.20. The molecule has 1 atom stereocenters. The van der Waals surface area contributed by atoms with E-state index >= 15 is 0 Å². The van der Waals surface area contributed by atoms with Gasteiger partial charge in [0, 0.05) is 25.7 Å². The van der Waals surface area contributed by atoms with E-state index in [1.54, 1.807) is 0 Å². The predicted octanol–water partition coefficient (Wildman–Crippen LogP) is 1.55. The van der Waals surface area contributed by atoms with Gasteiger partial charge in [0.1, 0.15) is 0 Å². The van der Waals surface area contributed by atoms with Gasteiger partial charge >= 0.3 is 0 Å². The third kappa shape index (κ3) is 4.77. The van der Waals surface area contributed by atoms with Crippen LogP contribution in [0.3, 0.4) is 0 Å². The van der Waals surface area contributed by atoms with Crippen molar-refractivity contribution in [1.82, 2.24) is 9.80 Å². The Hall–Kier alpha value is -0.610. The molecule has 0 spiro atoms. The van der Waals surface area contributed by atoms with Gasteiger partial charge in [0.25, 0.3) is 0 Å². The highest BCUT2D eigenvalue weighted by atomic mass is 16.2. The molecule has 0 unspecified atom stereocenters. The quantitative estimate of drug-likeness (QED) is 0.824. The van der Waals surface area contributed by atoms with E-state index in [0.29, 0.717) is 12.0 Å². The molecule has 1 amide bonds. The summed E-state index contributed by atoms with van der Waals surface area (Å²) in [5, 5.41) is 0. The number of carbonyl (C=O) groups excluding carboxylic acids is 1. The third-order valence-electron chi connectivity index (χ3n) is 4.36. The van der Waals surface area contributed by atoms with Gasteiger partial charge in [0.15, 0.2) is 0 Å². The smallest absolute Gasteiger partial charge is 0.239 e. The van der Waals surface area contributed by atoms with Crippen LogP contribution in [0.25, 0.3) is 0 Å². The molecule has 19 heavy (non-hydrogen) atoms. The van der Waals surface area contributed by atoms with Crippen LogP contribution in [0.1, 0.15) is 40.5 Å². The summed E-state index contributed by atoms with van der Waals surface area (Å²) in [7, 11) is 2.18. The van der Waals surface area contributed by atoms with Crippen LogP contribution in [-0.2, 0) is 4.79 Å². The zero-order valence-corrected chi connectivity index (χ0v) is 13.2. The van der Waals surface area contributed by atoms with Crippen LogP contribution in [-0.4, -0.2) is 54.5 Å². The maximum atomic E-state index is 12.2. The Bertz CT molecular complexity index is 283. The van der Waals surface area contributed by atoms with Gasteiger partial charge in [-0.05, 0) is 45.6 Å². The SMILES string of the molecule is CC(C)[C@@H](N)C(=O)N1CCC(CN(C)C(C)C)CC1. The Morgan fingerprint density at radius 1 is 1.26 bits per heavy atom. The number of hydrogen-bond donors (Lipinski definition) is 1. The predicted molar refractivity (Wildman–Crippen MR) is 79.9 cm³/mol. The molecule has 4 nitrogen and oxygen atoms in total. The molecular weight excluding hydrogens is 238 g/mol. The number of amides is 1. The monoisotopic (exact) mass is 269 g/mol. The highest BCUT2D eigenvalue weighted by Gasteiger charge is 2.28. The number of nitrogens with two attached hydrogens (primary N) is 1. The molecule has 1 fully saturated rings. The summed E-state index contributed by atoms with van der Waals surface area (Å²) in [6.45, 7) is 11.3.